The molecule has 1 rings (SSSR count). The Labute approximate surface area is 179 Å². The molecular weight excluding hydrogens is 517 g/mol. The van der Waals surface area contributed by atoms with E-state index < -0.39 is 53.7 Å². The highest BCUT2D eigenvalue weighted by molar-refractivity contribution is 5.85. The number of hydrogen-bond donors (Lipinski definition) is 1. The fourth-order valence-corrected chi connectivity index (χ4v) is 2.19. The van der Waals surface area contributed by atoms with Crippen LogP contribution in [0.5, 0.6) is 5.75 Å². The first-order chi connectivity index (χ1) is 15.0. The second-order valence-corrected chi connectivity index (χ2v) is 6.19. The lowest BCUT2D eigenvalue weighted by Crippen LogP contribution is -2.76. The average molecular weight is 527 g/mol. The molecule has 1 N–H and O–H groups in total. The lowest BCUT2D eigenvalue weighted by Gasteiger charge is -2.43. The van der Waals surface area contributed by atoms with Gasteiger partial charge in [-0.2, -0.15) is 57.1 Å². The molecular formula is C16H10F13NO4. The van der Waals surface area contributed by atoms with Gasteiger partial charge in [-0.1, -0.05) is 6.92 Å². The van der Waals surface area contributed by atoms with Crippen LogP contribution < -0.4 is 10.1 Å². The fourth-order valence-electron chi connectivity index (χ4n) is 2.19. The molecule has 1 aromatic rings. The Kier molecular flexibility index (Phi) is 7.71. The maximum atomic E-state index is 13.9. The zero-order valence-electron chi connectivity index (χ0n) is 16.1. The van der Waals surface area contributed by atoms with Crippen LogP contribution in [0.25, 0.3) is 0 Å². The highest BCUT2D eigenvalue weighted by atomic mass is 19.4. The number of hydrogen-bond acceptors (Lipinski definition) is 4. The van der Waals surface area contributed by atoms with Gasteiger partial charge in [-0.05, 0) is 24.3 Å². The third kappa shape index (κ3) is 5.08. The summed E-state index contributed by atoms with van der Waals surface area (Å²) in [6.45, 7) is 1.37. The summed E-state index contributed by atoms with van der Waals surface area (Å²) in [4.78, 5) is 22.7. The molecule has 0 aliphatic carbocycles. The molecule has 1 aromatic carbocycles. The molecule has 0 fully saturated rings. The molecule has 18 heteroatoms. The van der Waals surface area contributed by atoms with Gasteiger partial charge in [-0.25, -0.2) is 4.79 Å². The summed E-state index contributed by atoms with van der Waals surface area (Å²) in [5.41, 5.74) is -8.45. The van der Waals surface area contributed by atoms with E-state index in [0.29, 0.717) is 12.1 Å². The van der Waals surface area contributed by atoms with Crippen molar-refractivity contribution in [2.45, 2.75) is 49.3 Å². The molecule has 5 nitrogen and oxygen atoms in total. The van der Waals surface area contributed by atoms with Gasteiger partial charge in [-0.3, -0.25) is 10.1 Å². The van der Waals surface area contributed by atoms with Gasteiger partial charge in [0.2, 0.25) is 0 Å². The second-order valence-electron chi connectivity index (χ2n) is 6.19. The quantitative estimate of drug-likeness (QED) is 0.270. The van der Waals surface area contributed by atoms with E-state index in [1.54, 1.807) is 0 Å². The van der Waals surface area contributed by atoms with Crippen LogP contribution in [0.1, 0.15) is 13.3 Å². The Morgan fingerprint density at radius 2 is 1.18 bits per heavy atom. The molecule has 0 bridgehead atoms. The number of ether oxygens (including phenoxy) is 2. The van der Waals surface area contributed by atoms with Crippen molar-refractivity contribution in [2.75, 3.05) is 5.32 Å². The summed E-state index contributed by atoms with van der Waals surface area (Å²) >= 11 is 0. The number of nitrogens with one attached hydrogen (secondary N) is 1. The molecule has 0 saturated heterocycles. The van der Waals surface area contributed by atoms with Gasteiger partial charge in [0.05, 0.1) is 0 Å². The van der Waals surface area contributed by atoms with Crippen molar-refractivity contribution in [3.05, 3.63) is 24.3 Å². The summed E-state index contributed by atoms with van der Waals surface area (Å²) in [6.07, 6.45) is -26.3. The molecule has 194 valence electrons. The Hall–Kier alpha value is -2.95. The van der Waals surface area contributed by atoms with E-state index in [0.717, 1.165) is 17.4 Å². The summed E-state index contributed by atoms with van der Waals surface area (Å²) < 4.78 is 177. The number of benzene rings is 1. The minimum absolute atomic E-state index is 0.125. The first-order valence-corrected chi connectivity index (χ1v) is 8.31. The van der Waals surface area contributed by atoms with Gasteiger partial charge in [0.25, 0.3) is 0 Å². The van der Waals surface area contributed by atoms with E-state index in [2.05, 4.69) is 9.47 Å². The smallest absolute Gasteiger partial charge is 0.427 e. The number of carbonyl (C=O) groups is 2. The predicted octanol–water partition coefficient (Wildman–Crippen LogP) is 6.25. The van der Waals surface area contributed by atoms with Gasteiger partial charge in [0, 0.05) is 12.1 Å². The van der Waals surface area contributed by atoms with E-state index in [1.165, 1.54) is 6.92 Å². The fraction of sp³-hybridized carbons (Fsp3) is 0.500. The van der Waals surface area contributed by atoms with Crippen molar-refractivity contribution in [3.63, 3.8) is 0 Å². The molecule has 0 spiro atoms. The van der Waals surface area contributed by atoms with Crippen molar-refractivity contribution in [3.8, 4) is 5.75 Å². The van der Waals surface area contributed by atoms with Crippen LogP contribution in [0.4, 0.5) is 67.6 Å². The number of halogens is 13. The van der Waals surface area contributed by atoms with Crippen molar-refractivity contribution >= 4 is 17.7 Å². The molecule has 0 heterocycles. The zero-order valence-corrected chi connectivity index (χ0v) is 16.1. The SMILES string of the molecule is CCC(=O)Oc1ccc(NC(=O)OC(C(F)(F)F)(C(F)(F)F)C(F)(F)C(F)(F)C(F)(F)F)cc1. The molecule has 0 unspecified atom stereocenters. The largest absolute Gasteiger partial charge is 0.460 e. The molecule has 1 amide bonds. The lowest BCUT2D eigenvalue weighted by atomic mass is 9.88. The topological polar surface area (TPSA) is 64.6 Å². The first-order valence-electron chi connectivity index (χ1n) is 8.31. The third-order valence-corrected chi connectivity index (χ3v) is 3.86. The Morgan fingerprint density at radius 1 is 0.735 bits per heavy atom. The number of anilines is 1. The monoisotopic (exact) mass is 527 g/mol. The van der Waals surface area contributed by atoms with Gasteiger partial charge < -0.3 is 9.47 Å². The highest BCUT2D eigenvalue weighted by Crippen LogP contribution is 2.61. The van der Waals surface area contributed by atoms with Crippen molar-refractivity contribution < 1.29 is 76.1 Å². The van der Waals surface area contributed by atoms with E-state index >= 15 is 0 Å². The highest BCUT2D eigenvalue weighted by Gasteiger charge is 2.95. The van der Waals surface area contributed by atoms with E-state index in [-0.39, 0.29) is 12.2 Å². The standard InChI is InChI=1S/C16H10F13NO4/c1-2-9(31)33-8-5-3-7(4-6-8)30-10(32)34-11(14(21,22)23,15(24,25)26)12(17,18)13(19,20)16(27,28)29/h3-6H,2H2,1H3,(H,30,32). The Morgan fingerprint density at radius 3 is 1.53 bits per heavy atom. The number of esters is 1. The molecule has 0 saturated carbocycles. The number of rotatable bonds is 6. The molecule has 0 radical (unpaired) electrons. The minimum Gasteiger partial charge on any atom is -0.427 e. The summed E-state index contributed by atoms with van der Waals surface area (Å²) in [5, 5.41) is 1.04. The van der Waals surface area contributed by atoms with Crippen molar-refractivity contribution in [1.82, 2.24) is 0 Å². The molecule has 0 aromatic heterocycles. The van der Waals surface area contributed by atoms with Crippen molar-refractivity contribution in [1.29, 1.82) is 0 Å². The van der Waals surface area contributed by atoms with Crippen LogP contribution in [0, 0.1) is 0 Å². The van der Waals surface area contributed by atoms with Crippen LogP contribution in [-0.2, 0) is 9.53 Å². The van der Waals surface area contributed by atoms with Crippen LogP contribution in [0.15, 0.2) is 24.3 Å². The number of alkyl halides is 13. The second kappa shape index (κ2) is 9.01. The summed E-state index contributed by atoms with van der Waals surface area (Å²) in [7, 11) is 0. The minimum atomic E-state index is -8.12. The average Bonchev–Trinajstić information content (AvgIpc) is 2.64. The van der Waals surface area contributed by atoms with Crippen LogP contribution >= 0.6 is 0 Å². The van der Waals surface area contributed by atoms with E-state index in [4.69, 9.17) is 0 Å². The van der Waals surface area contributed by atoms with Gasteiger partial charge in [-0.15, -0.1) is 0 Å². The maximum Gasteiger partial charge on any atom is 0.460 e. The maximum absolute atomic E-state index is 13.9. The molecule has 0 atom stereocenters. The van der Waals surface area contributed by atoms with Crippen LogP contribution in [0.2, 0.25) is 0 Å². The normalized spacial score (nSPS) is 13.9. The van der Waals surface area contributed by atoms with Gasteiger partial charge in [0.15, 0.2) is 0 Å². The lowest BCUT2D eigenvalue weighted by molar-refractivity contribution is -0.470. The number of amides is 1. The third-order valence-electron chi connectivity index (χ3n) is 3.86. The predicted molar refractivity (Wildman–Crippen MR) is 83.3 cm³/mol. The molecule has 0 aliphatic heterocycles. The van der Waals surface area contributed by atoms with Gasteiger partial charge >= 0.3 is 48.0 Å². The number of carbonyl (C=O) groups excluding carboxylic acids is 2. The first kappa shape index (κ1) is 29.1. The van der Waals surface area contributed by atoms with Crippen LogP contribution in [-0.4, -0.2) is 48.0 Å². The summed E-state index contributed by atoms with van der Waals surface area (Å²) in [6, 6.07) is 2.86. The summed E-state index contributed by atoms with van der Waals surface area (Å²) in [5.74, 6) is -17.1. The zero-order chi connectivity index (χ0) is 27.0. The van der Waals surface area contributed by atoms with Gasteiger partial charge in [0.1, 0.15) is 5.75 Å². The van der Waals surface area contributed by atoms with E-state index in [9.17, 15) is 66.7 Å². The Bertz CT molecular complexity index is 874. The van der Waals surface area contributed by atoms with Crippen LogP contribution in [0.3, 0.4) is 0 Å². The van der Waals surface area contributed by atoms with Crippen molar-refractivity contribution in [2.24, 2.45) is 0 Å². The Balaban J connectivity index is 3.47. The molecule has 0 aliphatic rings. The van der Waals surface area contributed by atoms with E-state index in [1.807, 2.05) is 0 Å². The molecule has 34 heavy (non-hydrogen) atoms.